The highest BCUT2D eigenvalue weighted by molar-refractivity contribution is 7.89. The van der Waals surface area contributed by atoms with Gasteiger partial charge in [0, 0.05) is 29.5 Å². The van der Waals surface area contributed by atoms with Gasteiger partial charge in [0.2, 0.25) is 0 Å². The molecule has 3 aromatic heterocycles. The third-order valence-corrected chi connectivity index (χ3v) is 6.25. The Balaban J connectivity index is 1.62. The van der Waals surface area contributed by atoms with Gasteiger partial charge in [-0.15, -0.1) is 4.31 Å². The van der Waals surface area contributed by atoms with Crippen molar-refractivity contribution in [1.29, 1.82) is 0 Å². The molecule has 1 aliphatic rings. The van der Waals surface area contributed by atoms with Crippen molar-refractivity contribution in [2.24, 2.45) is 0 Å². The number of aromatic nitrogens is 4. The molecule has 3 aromatic rings. The van der Waals surface area contributed by atoms with Gasteiger partial charge in [-0.05, 0) is 12.5 Å². The number of halogens is 3. The molecule has 4 rings (SSSR count). The lowest BCUT2D eigenvalue weighted by Gasteiger charge is -2.21. The van der Waals surface area contributed by atoms with Crippen LogP contribution in [-0.4, -0.2) is 58.5 Å². The molecule has 2 atom stereocenters. The molecule has 0 radical (unpaired) electrons. The van der Waals surface area contributed by atoms with Crippen LogP contribution in [-0.2, 0) is 18.0 Å². The number of aromatic amines is 1. The van der Waals surface area contributed by atoms with Crippen molar-refractivity contribution in [1.82, 2.24) is 23.8 Å². The first-order chi connectivity index (χ1) is 12.9. The Hall–Kier alpha value is -1.82. The maximum absolute atomic E-state index is 12.4. The molecule has 2 unspecified atom stereocenters. The summed E-state index contributed by atoms with van der Waals surface area (Å²) in [6.45, 7) is 0.506. The normalized spacial score (nSPS) is 20.1. The Kier molecular flexibility index (Phi) is 4.78. The molecule has 1 saturated heterocycles. The van der Waals surface area contributed by atoms with Gasteiger partial charge in [0.15, 0.2) is 0 Å². The van der Waals surface area contributed by atoms with E-state index >= 15 is 0 Å². The number of hydrogen-bond donors (Lipinski definition) is 2. The van der Waals surface area contributed by atoms with Gasteiger partial charge in [-0.3, -0.25) is 0 Å². The number of aliphatic hydroxyl groups excluding tert-OH is 1. The molecule has 1 aliphatic heterocycles. The standard InChI is InChI=1S/C16H18F3N5O2S/c17-16(18,19)3-6-27(26)23-5-2-10(8-23)24-13(9-25)22-12-7-21-15-11(14(12)24)1-4-20-15/h1,4,7,10,25H,2-3,5-6,8-9H2,(H,20,21). The maximum Gasteiger partial charge on any atom is 0.393 e. The van der Waals surface area contributed by atoms with E-state index in [0.717, 1.165) is 10.9 Å². The van der Waals surface area contributed by atoms with E-state index in [9.17, 15) is 22.8 Å². The lowest BCUT2D eigenvalue weighted by atomic mass is 10.2. The minimum Gasteiger partial charge on any atom is -0.598 e. The van der Waals surface area contributed by atoms with E-state index in [0.29, 0.717) is 36.5 Å². The molecule has 0 aliphatic carbocycles. The molecule has 0 bridgehead atoms. The number of rotatable bonds is 5. The van der Waals surface area contributed by atoms with Crippen molar-refractivity contribution in [2.75, 3.05) is 18.8 Å². The fourth-order valence-electron chi connectivity index (χ4n) is 3.58. The largest absolute Gasteiger partial charge is 0.598 e. The van der Waals surface area contributed by atoms with Gasteiger partial charge in [0.25, 0.3) is 0 Å². The van der Waals surface area contributed by atoms with Crippen LogP contribution in [0.4, 0.5) is 13.2 Å². The van der Waals surface area contributed by atoms with Crippen molar-refractivity contribution in [3.05, 3.63) is 24.3 Å². The Morgan fingerprint density at radius 1 is 1.41 bits per heavy atom. The van der Waals surface area contributed by atoms with Gasteiger partial charge in [-0.25, -0.2) is 9.97 Å². The zero-order valence-corrected chi connectivity index (χ0v) is 15.1. The van der Waals surface area contributed by atoms with Crippen LogP contribution in [0.15, 0.2) is 18.5 Å². The SMILES string of the molecule is [O-][S+](CCC(F)(F)F)N1CCC(n2c(CO)nc3cnc4[nH]ccc4c32)C1. The Labute approximate surface area is 155 Å². The summed E-state index contributed by atoms with van der Waals surface area (Å²) in [5, 5.41) is 10.6. The summed E-state index contributed by atoms with van der Waals surface area (Å²) < 4.78 is 52.9. The molecule has 0 amide bonds. The van der Waals surface area contributed by atoms with Crippen LogP contribution in [0.1, 0.15) is 24.7 Å². The molecule has 7 nitrogen and oxygen atoms in total. The van der Waals surface area contributed by atoms with Crippen molar-refractivity contribution < 1.29 is 22.8 Å². The van der Waals surface area contributed by atoms with Gasteiger partial charge >= 0.3 is 6.18 Å². The van der Waals surface area contributed by atoms with Crippen molar-refractivity contribution in [2.45, 2.75) is 31.7 Å². The zero-order chi connectivity index (χ0) is 19.2. The quantitative estimate of drug-likeness (QED) is 0.640. The average molecular weight is 401 g/mol. The van der Waals surface area contributed by atoms with E-state index in [1.807, 2.05) is 10.6 Å². The number of fused-ring (bicyclic) bond motifs is 3. The van der Waals surface area contributed by atoms with Crippen LogP contribution in [0.25, 0.3) is 22.1 Å². The smallest absolute Gasteiger partial charge is 0.393 e. The van der Waals surface area contributed by atoms with Gasteiger partial charge in [0.1, 0.15) is 29.3 Å². The van der Waals surface area contributed by atoms with Gasteiger partial charge in [0.05, 0.1) is 30.7 Å². The Morgan fingerprint density at radius 3 is 2.96 bits per heavy atom. The molecular formula is C16H18F3N5O2S. The van der Waals surface area contributed by atoms with Crippen LogP contribution in [0, 0.1) is 0 Å². The molecule has 1 fully saturated rings. The van der Waals surface area contributed by atoms with Crippen LogP contribution in [0.5, 0.6) is 0 Å². The fraction of sp³-hybridized carbons (Fsp3) is 0.500. The minimum atomic E-state index is -4.31. The second-order valence-corrected chi connectivity index (χ2v) is 8.08. The van der Waals surface area contributed by atoms with Crippen LogP contribution in [0.2, 0.25) is 0 Å². The number of aliphatic hydroxyl groups is 1. The molecule has 146 valence electrons. The topological polar surface area (TPSA) is 93.0 Å². The third kappa shape index (κ3) is 3.51. The lowest BCUT2D eigenvalue weighted by Crippen LogP contribution is -2.33. The zero-order valence-electron chi connectivity index (χ0n) is 14.2. The molecule has 2 N–H and O–H groups in total. The first-order valence-corrected chi connectivity index (χ1v) is 9.79. The minimum absolute atomic E-state index is 0.132. The van der Waals surface area contributed by atoms with Gasteiger partial charge < -0.3 is 19.2 Å². The number of nitrogens with zero attached hydrogens (tertiary/aromatic N) is 4. The first-order valence-electron chi connectivity index (χ1n) is 8.51. The number of H-pyrrole nitrogens is 1. The van der Waals surface area contributed by atoms with E-state index in [1.54, 1.807) is 16.7 Å². The number of pyridine rings is 1. The summed E-state index contributed by atoms with van der Waals surface area (Å²) in [5.74, 6) is 0.0353. The van der Waals surface area contributed by atoms with Crippen LogP contribution >= 0.6 is 0 Å². The molecular weight excluding hydrogens is 383 g/mol. The van der Waals surface area contributed by atoms with Crippen LogP contribution < -0.4 is 0 Å². The molecule has 4 heterocycles. The molecule has 0 aromatic carbocycles. The Bertz CT molecular complexity index is 957. The van der Waals surface area contributed by atoms with Crippen LogP contribution in [0.3, 0.4) is 0 Å². The van der Waals surface area contributed by atoms with Gasteiger partial charge in [-0.2, -0.15) is 13.2 Å². The summed E-state index contributed by atoms with van der Waals surface area (Å²) in [4.78, 5) is 11.8. The fourth-order valence-corrected chi connectivity index (χ4v) is 4.90. The molecule has 27 heavy (non-hydrogen) atoms. The van der Waals surface area contributed by atoms with E-state index in [1.165, 1.54) is 0 Å². The summed E-state index contributed by atoms with van der Waals surface area (Å²) in [5.41, 5.74) is 2.15. The van der Waals surface area contributed by atoms with Crippen molar-refractivity contribution >= 4 is 33.4 Å². The van der Waals surface area contributed by atoms with Crippen molar-refractivity contribution in [3.63, 3.8) is 0 Å². The summed E-state index contributed by atoms with van der Waals surface area (Å²) in [6, 6.07) is 1.74. The predicted octanol–water partition coefficient (Wildman–Crippen LogP) is 2.27. The monoisotopic (exact) mass is 401 g/mol. The highest BCUT2D eigenvalue weighted by atomic mass is 32.2. The predicted molar refractivity (Wildman–Crippen MR) is 94.2 cm³/mol. The maximum atomic E-state index is 12.4. The summed E-state index contributed by atoms with van der Waals surface area (Å²) in [6.07, 6.45) is -1.37. The van der Waals surface area contributed by atoms with Gasteiger partial charge in [-0.1, -0.05) is 0 Å². The highest BCUT2D eigenvalue weighted by Gasteiger charge is 2.36. The summed E-state index contributed by atoms with van der Waals surface area (Å²) >= 11 is -1.69. The Morgan fingerprint density at radius 2 is 2.22 bits per heavy atom. The third-order valence-electron chi connectivity index (χ3n) is 4.79. The molecule has 0 spiro atoms. The number of nitrogens with one attached hydrogen (secondary N) is 1. The molecule has 0 saturated carbocycles. The molecule has 11 heteroatoms. The highest BCUT2D eigenvalue weighted by Crippen LogP contribution is 2.33. The number of hydrogen-bond acceptors (Lipinski definition) is 5. The number of imidazole rings is 1. The van der Waals surface area contributed by atoms with E-state index in [-0.39, 0.29) is 12.6 Å². The second kappa shape index (κ2) is 6.97. The summed E-state index contributed by atoms with van der Waals surface area (Å²) in [7, 11) is 0. The lowest BCUT2D eigenvalue weighted by molar-refractivity contribution is -0.130. The van der Waals surface area contributed by atoms with E-state index < -0.39 is 29.7 Å². The second-order valence-electron chi connectivity index (χ2n) is 6.51. The van der Waals surface area contributed by atoms with E-state index in [2.05, 4.69) is 15.0 Å². The van der Waals surface area contributed by atoms with Crippen molar-refractivity contribution in [3.8, 4) is 0 Å². The van der Waals surface area contributed by atoms with E-state index in [4.69, 9.17) is 0 Å². The average Bonchev–Trinajstić information content (AvgIpc) is 3.33. The number of alkyl halides is 3. The first kappa shape index (κ1) is 18.5.